The van der Waals surface area contributed by atoms with Gasteiger partial charge in [0, 0.05) is 24.2 Å². The summed E-state index contributed by atoms with van der Waals surface area (Å²) in [6, 6.07) is 14.9. The lowest BCUT2D eigenvalue weighted by Gasteiger charge is -2.14. The summed E-state index contributed by atoms with van der Waals surface area (Å²) in [6.07, 6.45) is -0.841. The van der Waals surface area contributed by atoms with Gasteiger partial charge in [-0.3, -0.25) is 4.79 Å². The summed E-state index contributed by atoms with van der Waals surface area (Å²) in [6.45, 7) is 2.31. The van der Waals surface area contributed by atoms with Crippen LogP contribution >= 0.6 is 0 Å². The number of aromatic nitrogens is 4. The van der Waals surface area contributed by atoms with Crippen LogP contribution in [0, 0.1) is 0 Å². The third-order valence-electron chi connectivity index (χ3n) is 4.65. The van der Waals surface area contributed by atoms with Crippen molar-refractivity contribution in [1.82, 2.24) is 19.6 Å². The normalized spacial score (nSPS) is 12.5. The predicted octanol–water partition coefficient (Wildman–Crippen LogP) is 1.52. The van der Waals surface area contributed by atoms with E-state index in [0.717, 1.165) is 27.6 Å². The van der Waals surface area contributed by atoms with Crippen LogP contribution in [0.15, 0.2) is 53.3 Å². The quantitative estimate of drug-likeness (QED) is 0.469. The average molecular weight is 379 g/mol. The van der Waals surface area contributed by atoms with Crippen molar-refractivity contribution in [2.24, 2.45) is 0 Å². The largest absolute Gasteiger partial charge is 0.394 e. The van der Waals surface area contributed by atoms with Crippen LogP contribution in [0.1, 0.15) is 6.92 Å². The van der Waals surface area contributed by atoms with Crippen molar-refractivity contribution in [3.63, 3.8) is 0 Å². The number of rotatable bonds is 6. The number of anilines is 1. The van der Waals surface area contributed by atoms with Gasteiger partial charge in [-0.2, -0.15) is 0 Å². The van der Waals surface area contributed by atoms with E-state index in [1.54, 1.807) is 10.6 Å². The molecule has 1 unspecified atom stereocenters. The van der Waals surface area contributed by atoms with E-state index in [1.807, 2.05) is 49.4 Å². The Morgan fingerprint density at radius 2 is 1.82 bits per heavy atom. The molecular formula is C20H21N5O3. The maximum Gasteiger partial charge on any atom is 0.278 e. The molecule has 1 atom stereocenters. The van der Waals surface area contributed by atoms with Gasteiger partial charge >= 0.3 is 0 Å². The van der Waals surface area contributed by atoms with Gasteiger partial charge in [0.15, 0.2) is 5.69 Å². The fraction of sp³-hybridized carbons (Fsp3) is 0.250. The standard InChI is InChI=1S/C20H21N5O3/c1-2-24-18-10-14(21-11-15(27)12-26)8-7-13(18)9-19(20(24)28)25-22-16-5-3-4-6-17(16)23-25/h3-10,15,21,26-27H,2,11-12H2,1H3. The van der Waals surface area contributed by atoms with Crippen molar-refractivity contribution >= 4 is 27.6 Å². The highest BCUT2D eigenvalue weighted by Crippen LogP contribution is 2.21. The van der Waals surface area contributed by atoms with Crippen LogP contribution in [0.3, 0.4) is 0 Å². The van der Waals surface area contributed by atoms with E-state index in [2.05, 4.69) is 15.5 Å². The summed E-state index contributed by atoms with van der Waals surface area (Å²) in [5, 5.41) is 31.3. The van der Waals surface area contributed by atoms with Crippen molar-refractivity contribution in [2.75, 3.05) is 18.5 Å². The molecule has 144 valence electrons. The highest BCUT2D eigenvalue weighted by atomic mass is 16.3. The monoisotopic (exact) mass is 379 g/mol. The van der Waals surface area contributed by atoms with Crippen molar-refractivity contribution in [2.45, 2.75) is 19.6 Å². The molecule has 0 aliphatic heterocycles. The zero-order valence-electron chi connectivity index (χ0n) is 15.4. The first-order valence-corrected chi connectivity index (χ1v) is 9.13. The number of benzene rings is 2. The lowest BCUT2D eigenvalue weighted by molar-refractivity contribution is 0.105. The highest BCUT2D eigenvalue weighted by molar-refractivity contribution is 5.84. The summed E-state index contributed by atoms with van der Waals surface area (Å²) in [5.74, 6) is 0. The molecule has 0 aliphatic carbocycles. The zero-order chi connectivity index (χ0) is 19.7. The Labute approximate surface area is 160 Å². The van der Waals surface area contributed by atoms with E-state index in [-0.39, 0.29) is 18.7 Å². The second-order valence-electron chi connectivity index (χ2n) is 6.55. The molecule has 0 radical (unpaired) electrons. The molecule has 0 fully saturated rings. The average Bonchev–Trinajstić information content (AvgIpc) is 3.15. The minimum absolute atomic E-state index is 0.178. The van der Waals surface area contributed by atoms with Gasteiger partial charge in [0.1, 0.15) is 11.0 Å². The first-order valence-electron chi connectivity index (χ1n) is 9.13. The molecule has 4 rings (SSSR count). The number of nitrogens with one attached hydrogen (secondary N) is 1. The van der Waals surface area contributed by atoms with E-state index >= 15 is 0 Å². The number of nitrogens with zero attached hydrogens (tertiary/aromatic N) is 4. The van der Waals surface area contributed by atoms with Crippen LogP contribution in [0.25, 0.3) is 27.6 Å². The van der Waals surface area contributed by atoms with Crippen LogP contribution in [0.4, 0.5) is 5.69 Å². The molecule has 2 heterocycles. The van der Waals surface area contributed by atoms with Gasteiger partial charge in [0.25, 0.3) is 5.56 Å². The molecule has 28 heavy (non-hydrogen) atoms. The number of aliphatic hydroxyl groups excluding tert-OH is 2. The Bertz CT molecular complexity index is 1160. The molecular weight excluding hydrogens is 358 g/mol. The van der Waals surface area contributed by atoms with Crippen molar-refractivity contribution < 1.29 is 10.2 Å². The number of pyridine rings is 1. The van der Waals surface area contributed by atoms with Gasteiger partial charge in [0.2, 0.25) is 0 Å². The Hall–Kier alpha value is -3.23. The molecule has 3 N–H and O–H groups in total. The van der Waals surface area contributed by atoms with Crippen LogP contribution < -0.4 is 10.9 Å². The lowest BCUT2D eigenvalue weighted by Crippen LogP contribution is -2.25. The second kappa shape index (κ2) is 7.41. The number of hydrogen-bond acceptors (Lipinski definition) is 6. The third kappa shape index (κ3) is 3.23. The first kappa shape index (κ1) is 18.1. The summed E-state index contributed by atoms with van der Waals surface area (Å²) in [5.41, 5.74) is 3.21. The van der Waals surface area contributed by atoms with Crippen LogP contribution in [-0.2, 0) is 6.54 Å². The molecule has 0 aliphatic rings. The Kier molecular flexibility index (Phi) is 4.81. The van der Waals surface area contributed by atoms with E-state index in [9.17, 15) is 9.90 Å². The SMILES string of the molecule is CCn1c(=O)c(-n2nc3ccccc3n2)cc2ccc(NCC(O)CO)cc21. The summed E-state index contributed by atoms with van der Waals surface area (Å²) in [7, 11) is 0. The molecule has 0 saturated carbocycles. The van der Waals surface area contributed by atoms with Gasteiger partial charge in [-0.15, -0.1) is 15.0 Å². The van der Waals surface area contributed by atoms with E-state index in [0.29, 0.717) is 12.2 Å². The highest BCUT2D eigenvalue weighted by Gasteiger charge is 2.13. The van der Waals surface area contributed by atoms with E-state index in [1.165, 1.54) is 4.80 Å². The Morgan fingerprint density at radius 3 is 2.46 bits per heavy atom. The maximum absolute atomic E-state index is 13.1. The van der Waals surface area contributed by atoms with Crippen LogP contribution in [0.5, 0.6) is 0 Å². The molecule has 0 spiro atoms. The molecule has 0 amide bonds. The van der Waals surface area contributed by atoms with Crippen LogP contribution in [0.2, 0.25) is 0 Å². The molecule has 2 aromatic carbocycles. The predicted molar refractivity (Wildman–Crippen MR) is 108 cm³/mol. The number of aryl methyl sites for hydroxylation is 1. The molecule has 8 heteroatoms. The number of fused-ring (bicyclic) bond motifs is 2. The number of hydrogen-bond donors (Lipinski definition) is 3. The van der Waals surface area contributed by atoms with Gasteiger partial charge in [-0.05, 0) is 37.3 Å². The Morgan fingerprint density at radius 1 is 1.11 bits per heavy atom. The third-order valence-corrected chi connectivity index (χ3v) is 4.65. The summed E-state index contributed by atoms with van der Waals surface area (Å²) in [4.78, 5) is 14.5. The maximum atomic E-state index is 13.1. The minimum Gasteiger partial charge on any atom is -0.394 e. The van der Waals surface area contributed by atoms with Gasteiger partial charge in [0.05, 0.1) is 18.2 Å². The fourth-order valence-corrected chi connectivity index (χ4v) is 3.19. The minimum atomic E-state index is -0.841. The van der Waals surface area contributed by atoms with Gasteiger partial charge in [-0.1, -0.05) is 18.2 Å². The smallest absolute Gasteiger partial charge is 0.278 e. The Balaban J connectivity index is 1.81. The van der Waals surface area contributed by atoms with E-state index in [4.69, 9.17) is 5.11 Å². The van der Waals surface area contributed by atoms with E-state index < -0.39 is 6.10 Å². The molecule has 2 aromatic heterocycles. The summed E-state index contributed by atoms with van der Waals surface area (Å²) < 4.78 is 1.67. The molecule has 4 aromatic rings. The lowest BCUT2D eigenvalue weighted by atomic mass is 10.1. The number of aliphatic hydroxyl groups is 2. The van der Waals surface area contributed by atoms with Crippen molar-refractivity contribution in [1.29, 1.82) is 0 Å². The summed E-state index contributed by atoms with van der Waals surface area (Å²) >= 11 is 0. The molecule has 0 bridgehead atoms. The van der Waals surface area contributed by atoms with Gasteiger partial charge < -0.3 is 20.1 Å². The van der Waals surface area contributed by atoms with Gasteiger partial charge in [-0.25, -0.2) is 0 Å². The molecule has 8 nitrogen and oxygen atoms in total. The topological polar surface area (TPSA) is 105 Å². The zero-order valence-corrected chi connectivity index (χ0v) is 15.4. The van der Waals surface area contributed by atoms with Crippen LogP contribution in [-0.4, -0.2) is 49.0 Å². The first-order chi connectivity index (χ1) is 13.6. The fourth-order valence-electron chi connectivity index (χ4n) is 3.19. The molecule has 0 saturated heterocycles. The van der Waals surface area contributed by atoms with Crippen molar-refractivity contribution in [3.8, 4) is 5.69 Å². The van der Waals surface area contributed by atoms with Crippen molar-refractivity contribution in [3.05, 3.63) is 58.9 Å². The second-order valence-corrected chi connectivity index (χ2v) is 6.55.